The van der Waals surface area contributed by atoms with Crippen LogP contribution < -0.4 is 19.6 Å². The number of hydrazone groups is 1. The van der Waals surface area contributed by atoms with E-state index in [4.69, 9.17) is 14.2 Å². The number of benzene rings is 4. The van der Waals surface area contributed by atoms with Crippen LogP contribution in [0.15, 0.2) is 108 Å². The summed E-state index contributed by atoms with van der Waals surface area (Å²) in [5, 5.41) is 4.00. The maximum absolute atomic E-state index is 12.3. The number of carbonyl (C=O) groups is 2. The van der Waals surface area contributed by atoms with Crippen molar-refractivity contribution >= 4 is 18.1 Å². The third-order valence-corrected chi connectivity index (χ3v) is 5.16. The Labute approximate surface area is 209 Å². The number of esters is 1. The number of nitrogens with zero attached hydrogens (tertiary/aromatic N) is 1. The van der Waals surface area contributed by atoms with Crippen LogP contribution >= 0.6 is 0 Å². The lowest BCUT2D eigenvalue weighted by molar-refractivity contribution is 0.0734. The molecule has 0 aliphatic carbocycles. The molecule has 36 heavy (non-hydrogen) atoms. The summed E-state index contributed by atoms with van der Waals surface area (Å²) in [5.41, 5.74) is 5.16. The van der Waals surface area contributed by atoms with Crippen molar-refractivity contribution in [3.05, 3.63) is 125 Å². The van der Waals surface area contributed by atoms with Gasteiger partial charge in [0.15, 0.2) is 0 Å². The second-order valence-corrected chi connectivity index (χ2v) is 7.68. The van der Waals surface area contributed by atoms with Crippen molar-refractivity contribution in [3.8, 4) is 17.2 Å². The molecule has 0 aliphatic heterocycles. The molecule has 0 spiro atoms. The van der Waals surface area contributed by atoms with Crippen molar-refractivity contribution in [2.24, 2.45) is 5.10 Å². The van der Waals surface area contributed by atoms with Crippen molar-refractivity contribution in [2.45, 2.75) is 6.61 Å². The average Bonchev–Trinajstić information content (AvgIpc) is 2.93. The number of rotatable bonds is 9. The zero-order chi connectivity index (χ0) is 25.2. The van der Waals surface area contributed by atoms with Crippen LogP contribution in [0.1, 0.15) is 31.8 Å². The Morgan fingerprint density at radius 2 is 1.36 bits per heavy atom. The first-order valence-corrected chi connectivity index (χ1v) is 11.2. The fraction of sp³-hybridized carbons (Fsp3) is 0.0690. The van der Waals surface area contributed by atoms with Crippen molar-refractivity contribution in [3.63, 3.8) is 0 Å². The summed E-state index contributed by atoms with van der Waals surface area (Å²) in [4.78, 5) is 24.6. The number of nitrogens with one attached hydrogen (secondary N) is 1. The van der Waals surface area contributed by atoms with Crippen molar-refractivity contribution in [1.82, 2.24) is 5.43 Å². The second-order valence-electron chi connectivity index (χ2n) is 7.68. The van der Waals surface area contributed by atoms with Crippen LogP contribution in [0.5, 0.6) is 17.2 Å². The quantitative estimate of drug-likeness (QED) is 0.153. The number of hydrogen-bond acceptors (Lipinski definition) is 6. The lowest BCUT2D eigenvalue weighted by Gasteiger charge is -2.07. The summed E-state index contributed by atoms with van der Waals surface area (Å²) in [6.45, 7) is 0.455. The summed E-state index contributed by atoms with van der Waals surface area (Å²) in [6.07, 6.45) is 1.50. The smallest absolute Gasteiger partial charge is 0.343 e. The maximum atomic E-state index is 12.3. The topological polar surface area (TPSA) is 86.2 Å². The molecule has 0 saturated carbocycles. The lowest BCUT2D eigenvalue weighted by atomic mass is 10.2. The van der Waals surface area contributed by atoms with Gasteiger partial charge in [0.25, 0.3) is 5.91 Å². The van der Waals surface area contributed by atoms with E-state index in [0.717, 1.165) is 11.1 Å². The van der Waals surface area contributed by atoms with Gasteiger partial charge in [0.2, 0.25) is 0 Å². The molecule has 4 aromatic carbocycles. The molecule has 7 nitrogen and oxygen atoms in total. The van der Waals surface area contributed by atoms with Gasteiger partial charge in [0.1, 0.15) is 23.9 Å². The van der Waals surface area contributed by atoms with Crippen LogP contribution in [0.25, 0.3) is 0 Å². The SMILES string of the molecule is COc1ccc(C(=O)Oc2ccc(C=NNC(=O)c3ccc(OCc4ccccc4)cc3)cc2)cc1. The van der Waals surface area contributed by atoms with E-state index >= 15 is 0 Å². The van der Waals surface area contributed by atoms with Crippen molar-refractivity contribution < 1.29 is 23.8 Å². The van der Waals surface area contributed by atoms with Crippen LogP contribution in [0.3, 0.4) is 0 Å². The summed E-state index contributed by atoms with van der Waals surface area (Å²) in [5.74, 6) is 0.916. The zero-order valence-corrected chi connectivity index (χ0v) is 19.6. The number of hydrogen-bond donors (Lipinski definition) is 1. The van der Waals surface area contributed by atoms with E-state index < -0.39 is 5.97 Å². The Balaban J connectivity index is 1.25. The molecule has 1 N–H and O–H groups in total. The molecule has 4 aromatic rings. The van der Waals surface area contributed by atoms with E-state index in [-0.39, 0.29) is 5.91 Å². The summed E-state index contributed by atoms with van der Waals surface area (Å²) >= 11 is 0. The zero-order valence-electron chi connectivity index (χ0n) is 19.6. The van der Waals surface area contributed by atoms with Gasteiger partial charge >= 0.3 is 5.97 Å². The molecule has 0 bridgehead atoms. The molecule has 1 amide bonds. The molecule has 4 rings (SSSR count). The lowest BCUT2D eigenvalue weighted by Crippen LogP contribution is -2.17. The van der Waals surface area contributed by atoms with Gasteiger partial charge < -0.3 is 14.2 Å². The van der Waals surface area contributed by atoms with Gasteiger partial charge in [-0.3, -0.25) is 4.79 Å². The fourth-order valence-corrected chi connectivity index (χ4v) is 3.19. The monoisotopic (exact) mass is 480 g/mol. The van der Waals surface area contributed by atoms with Gasteiger partial charge in [0.05, 0.1) is 18.9 Å². The van der Waals surface area contributed by atoms with Crippen LogP contribution in [0.2, 0.25) is 0 Å². The molecule has 0 atom stereocenters. The van der Waals surface area contributed by atoms with Crippen LogP contribution in [-0.2, 0) is 6.61 Å². The van der Waals surface area contributed by atoms with E-state index in [2.05, 4.69) is 10.5 Å². The minimum Gasteiger partial charge on any atom is -0.497 e. The fourth-order valence-electron chi connectivity index (χ4n) is 3.19. The minimum absolute atomic E-state index is 0.342. The van der Waals surface area contributed by atoms with Gasteiger partial charge in [-0.05, 0) is 83.9 Å². The highest BCUT2D eigenvalue weighted by Gasteiger charge is 2.09. The Kier molecular flexibility index (Phi) is 8.07. The molecule has 0 unspecified atom stereocenters. The van der Waals surface area contributed by atoms with Gasteiger partial charge in [-0.25, -0.2) is 10.2 Å². The molecule has 0 aliphatic rings. The van der Waals surface area contributed by atoms with E-state index in [0.29, 0.717) is 35.0 Å². The standard InChI is InChI=1S/C29H24N2O5/c1-34-25-15-11-24(12-16-25)29(33)36-27-13-7-21(8-14-27)19-30-31-28(32)23-9-17-26(18-10-23)35-20-22-5-3-2-4-6-22/h2-19H,20H2,1H3,(H,31,32). The molecule has 180 valence electrons. The van der Waals surface area contributed by atoms with Crippen molar-refractivity contribution in [1.29, 1.82) is 0 Å². The van der Waals surface area contributed by atoms with Gasteiger partial charge in [-0.1, -0.05) is 30.3 Å². The normalized spacial score (nSPS) is 10.6. The first kappa shape index (κ1) is 24.2. The first-order chi connectivity index (χ1) is 17.6. The number of carbonyl (C=O) groups excluding carboxylic acids is 2. The molecule has 0 aromatic heterocycles. The summed E-state index contributed by atoms with van der Waals surface area (Å²) in [6, 6.07) is 30.1. The molecular formula is C29H24N2O5. The van der Waals surface area contributed by atoms with E-state index in [1.54, 1.807) is 79.9 Å². The van der Waals surface area contributed by atoms with Gasteiger partial charge in [-0.15, -0.1) is 0 Å². The third-order valence-electron chi connectivity index (χ3n) is 5.16. The van der Waals surface area contributed by atoms with Crippen LogP contribution in [0, 0.1) is 0 Å². The minimum atomic E-state index is -0.470. The van der Waals surface area contributed by atoms with Crippen LogP contribution in [-0.4, -0.2) is 25.2 Å². The van der Waals surface area contributed by atoms with Crippen LogP contribution in [0.4, 0.5) is 0 Å². The Hall–Kier alpha value is -4.91. The van der Waals surface area contributed by atoms with Gasteiger partial charge in [0, 0.05) is 5.56 Å². The number of amides is 1. The molecule has 0 radical (unpaired) electrons. The second kappa shape index (κ2) is 12.0. The Morgan fingerprint density at radius 3 is 2.03 bits per heavy atom. The predicted octanol–water partition coefficient (Wildman–Crippen LogP) is 5.26. The highest BCUT2D eigenvalue weighted by molar-refractivity contribution is 5.95. The largest absolute Gasteiger partial charge is 0.497 e. The number of ether oxygens (including phenoxy) is 3. The molecule has 7 heteroatoms. The van der Waals surface area contributed by atoms with Crippen molar-refractivity contribution in [2.75, 3.05) is 7.11 Å². The van der Waals surface area contributed by atoms with Gasteiger partial charge in [-0.2, -0.15) is 5.10 Å². The molecule has 0 heterocycles. The van der Waals surface area contributed by atoms with E-state index in [9.17, 15) is 9.59 Å². The summed E-state index contributed by atoms with van der Waals surface area (Å²) < 4.78 is 16.2. The molecule has 0 saturated heterocycles. The third kappa shape index (κ3) is 6.80. The van der Waals surface area contributed by atoms with E-state index in [1.165, 1.54) is 6.21 Å². The Morgan fingerprint density at radius 1 is 0.750 bits per heavy atom. The number of methoxy groups -OCH3 is 1. The highest BCUT2D eigenvalue weighted by atomic mass is 16.5. The average molecular weight is 481 g/mol. The summed E-state index contributed by atoms with van der Waals surface area (Å²) in [7, 11) is 1.56. The molecular weight excluding hydrogens is 456 g/mol. The predicted molar refractivity (Wildman–Crippen MR) is 137 cm³/mol. The first-order valence-electron chi connectivity index (χ1n) is 11.2. The van der Waals surface area contributed by atoms with E-state index in [1.807, 2.05) is 30.3 Å². The maximum Gasteiger partial charge on any atom is 0.343 e. The Bertz CT molecular complexity index is 1320. The molecule has 0 fully saturated rings. The highest BCUT2D eigenvalue weighted by Crippen LogP contribution is 2.17.